The minimum atomic E-state index is -0.114. The number of rotatable bonds is 7. The van der Waals surface area contributed by atoms with Crippen molar-refractivity contribution in [2.24, 2.45) is 0 Å². The molecule has 1 amide bonds. The van der Waals surface area contributed by atoms with E-state index in [2.05, 4.69) is 21.7 Å². The summed E-state index contributed by atoms with van der Waals surface area (Å²) in [5.41, 5.74) is 0. The highest BCUT2D eigenvalue weighted by atomic mass is 32.1. The van der Waals surface area contributed by atoms with Gasteiger partial charge in [0.2, 0.25) is 0 Å². The maximum atomic E-state index is 12.2. The fourth-order valence-electron chi connectivity index (χ4n) is 2.74. The highest BCUT2D eigenvalue weighted by Gasteiger charge is 2.16. The predicted molar refractivity (Wildman–Crippen MR) is 103 cm³/mol. The molecule has 1 N–H and O–H groups in total. The Balaban J connectivity index is 1.57. The lowest BCUT2D eigenvalue weighted by Gasteiger charge is -2.23. The van der Waals surface area contributed by atoms with Gasteiger partial charge in [-0.25, -0.2) is 0 Å². The molecule has 2 aromatic carbocycles. The molecule has 3 aromatic rings. The van der Waals surface area contributed by atoms with Gasteiger partial charge in [0.1, 0.15) is 5.75 Å². The Bertz CT molecular complexity index is 825. The molecule has 1 atom stereocenters. The molecular formula is C20H22N2O2S. The first-order valence-corrected chi connectivity index (χ1v) is 9.10. The number of likely N-dealkylation sites (N-methyl/N-ethyl adjacent to an activating group) is 1. The van der Waals surface area contributed by atoms with Gasteiger partial charge in [0, 0.05) is 16.8 Å². The molecule has 0 fully saturated rings. The summed E-state index contributed by atoms with van der Waals surface area (Å²) >= 11 is 1.70. The number of carbonyl (C=O) groups is 1. The maximum Gasteiger partial charge on any atom is 0.258 e. The number of carbonyl (C=O) groups excluding carboxylic acids is 1. The lowest BCUT2D eigenvalue weighted by Crippen LogP contribution is -2.36. The minimum Gasteiger partial charge on any atom is -0.483 e. The molecule has 0 aliphatic heterocycles. The highest BCUT2D eigenvalue weighted by Crippen LogP contribution is 2.25. The van der Waals surface area contributed by atoms with Crippen LogP contribution in [-0.2, 0) is 4.79 Å². The molecule has 4 nitrogen and oxygen atoms in total. The van der Waals surface area contributed by atoms with Gasteiger partial charge < -0.3 is 15.0 Å². The SMILES string of the molecule is CN(C)C(CNC(=O)COc1cccc2ccccc12)c1cccs1. The summed E-state index contributed by atoms with van der Waals surface area (Å²) < 4.78 is 5.74. The Hall–Kier alpha value is -2.37. The molecule has 130 valence electrons. The van der Waals surface area contributed by atoms with Crippen molar-refractivity contribution in [3.8, 4) is 5.75 Å². The number of hydrogen-bond donors (Lipinski definition) is 1. The normalized spacial score (nSPS) is 12.3. The number of hydrogen-bond acceptors (Lipinski definition) is 4. The van der Waals surface area contributed by atoms with Crippen molar-refractivity contribution >= 4 is 28.0 Å². The third-order valence-corrected chi connectivity index (χ3v) is 5.07. The fraction of sp³-hybridized carbons (Fsp3) is 0.250. The summed E-state index contributed by atoms with van der Waals surface area (Å²) in [5.74, 6) is 0.618. The molecule has 25 heavy (non-hydrogen) atoms. The van der Waals surface area contributed by atoms with E-state index in [9.17, 15) is 4.79 Å². The predicted octanol–water partition coefficient (Wildman–Crippen LogP) is 3.70. The van der Waals surface area contributed by atoms with Crippen LogP contribution in [-0.4, -0.2) is 38.1 Å². The van der Waals surface area contributed by atoms with E-state index in [1.165, 1.54) is 4.88 Å². The fourth-order valence-corrected chi connectivity index (χ4v) is 3.67. The van der Waals surface area contributed by atoms with Crippen molar-refractivity contribution in [2.75, 3.05) is 27.2 Å². The van der Waals surface area contributed by atoms with Crippen molar-refractivity contribution in [3.63, 3.8) is 0 Å². The molecule has 1 unspecified atom stereocenters. The lowest BCUT2D eigenvalue weighted by molar-refractivity contribution is -0.123. The zero-order valence-electron chi connectivity index (χ0n) is 14.4. The molecule has 0 radical (unpaired) electrons. The number of nitrogens with zero attached hydrogens (tertiary/aromatic N) is 1. The maximum absolute atomic E-state index is 12.2. The topological polar surface area (TPSA) is 41.6 Å². The van der Waals surface area contributed by atoms with Crippen LogP contribution in [0.3, 0.4) is 0 Å². The molecule has 0 spiro atoms. The molecule has 3 rings (SSSR count). The van der Waals surface area contributed by atoms with Crippen LogP contribution in [0, 0.1) is 0 Å². The van der Waals surface area contributed by atoms with Crippen LogP contribution < -0.4 is 10.1 Å². The standard InChI is InChI=1S/C20H22N2O2S/c1-22(2)17(19-11-6-12-25-19)13-21-20(23)14-24-18-10-5-8-15-7-3-4-9-16(15)18/h3-12,17H,13-14H2,1-2H3,(H,21,23). The average molecular weight is 354 g/mol. The Morgan fingerprint density at radius 1 is 1.12 bits per heavy atom. The van der Waals surface area contributed by atoms with Crippen LogP contribution in [0.5, 0.6) is 5.75 Å². The van der Waals surface area contributed by atoms with E-state index in [4.69, 9.17) is 4.74 Å². The first-order valence-electron chi connectivity index (χ1n) is 8.22. The molecule has 0 saturated heterocycles. The van der Waals surface area contributed by atoms with Crippen molar-refractivity contribution in [3.05, 3.63) is 64.9 Å². The molecule has 1 heterocycles. The van der Waals surface area contributed by atoms with Crippen molar-refractivity contribution < 1.29 is 9.53 Å². The average Bonchev–Trinajstić information content (AvgIpc) is 3.14. The molecule has 5 heteroatoms. The van der Waals surface area contributed by atoms with Gasteiger partial charge in [0.05, 0.1) is 6.04 Å². The van der Waals surface area contributed by atoms with E-state index < -0.39 is 0 Å². The lowest BCUT2D eigenvalue weighted by atomic mass is 10.1. The van der Waals surface area contributed by atoms with Crippen molar-refractivity contribution in [1.82, 2.24) is 10.2 Å². The highest BCUT2D eigenvalue weighted by molar-refractivity contribution is 7.10. The third kappa shape index (κ3) is 4.38. The summed E-state index contributed by atoms with van der Waals surface area (Å²) in [4.78, 5) is 15.5. The molecule has 0 aliphatic carbocycles. The summed E-state index contributed by atoms with van der Waals surface area (Å²) in [6, 6.07) is 18.1. The van der Waals surface area contributed by atoms with Crippen LogP contribution in [0.1, 0.15) is 10.9 Å². The number of ether oxygens (including phenoxy) is 1. The van der Waals surface area contributed by atoms with Gasteiger partial charge in [-0.1, -0.05) is 42.5 Å². The Morgan fingerprint density at radius 2 is 1.92 bits per heavy atom. The van der Waals surface area contributed by atoms with E-state index in [0.717, 1.165) is 16.5 Å². The quantitative estimate of drug-likeness (QED) is 0.703. The number of thiophene rings is 1. The summed E-state index contributed by atoms with van der Waals surface area (Å²) in [5, 5.41) is 7.14. The number of nitrogens with one attached hydrogen (secondary N) is 1. The van der Waals surface area contributed by atoms with Crippen LogP contribution in [0.4, 0.5) is 0 Å². The van der Waals surface area contributed by atoms with E-state index in [1.54, 1.807) is 11.3 Å². The second-order valence-electron chi connectivity index (χ2n) is 6.06. The monoisotopic (exact) mass is 354 g/mol. The third-order valence-electron chi connectivity index (χ3n) is 4.10. The van der Waals surface area contributed by atoms with Gasteiger partial charge >= 0.3 is 0 Å². The first kappa shape index (κ1) is 17.5. The van der Waals surface area contributed by atoms with Gasteiger partial charge in [0.25, 0.3) is 5.91 Å². The van der Waals surface area contributed by atoms with E-state index in [-0.39, 0.29) is 18.6 Å². The van der Waals surface area contributed by atoms with Gasteiger partial charge in [-0.3, -0.25) is 4.79 Å². The minimum absolute atomic E-state index is 0.0125. The number of benzene rings is 2. The zero-order valence-corrected chi connectivity index (χ0v) is 15.3. The first-order chi connectivity index (χ1) is 12.1. The van der Waals surface area contributed by atoms with E-state index >= 15 is 0 Å². The van der Waals surface area contributed by atoms with Gasteiger partial charge in [0.15, 0.2) is 6.61 Å². The summed E-state index contributed by atoms with van der Waals surface area (Å²) in [7, 11) is 4.03. The zero-order chi connectivity index (χ0) is 17.6. The van der Waals surface area contributed by atoms with E-state index in [1.807, 2.05) is 62.6 Å². The molecular weight excluding hydrogens is 332 g/mol. The smallest absolute Gasteiger partial charge is 0.258 e. The number of amides is 1. The van der Waals surface area contributed by atoms with Crippen LogP contribution in [0.15, 0.2) is 60.0 Å². The van der Waals surface area contributed by atoms with Gasteiger partial charge in [-0.2, -0.15) is 0 Å². The Morgan fingerprint density at radius 3 is 2.68 bits per heavy atom. The van der Waals surface area contributed by atoms with Crippen LogP contribution in [0.2, 0.25) is 0 Å². The summed E-state index contributed by atoms with van der Waals surface area (Å²) in [6.45, 7) is 0.573. The molecule has 0 saturated carbocycles. The summed E-state index contributed by atoms with van der Waals surface area (Å²) in [6.07, 6.45) is 0. The Labute approximate surface area is 152 Å². The largest absolute Gasteiger partial charge is 0.483 e. The molecule has 0 bridgehead atoms. The van der Waals surface area contributed by atoms with Crippen LogP contribution >= 0.6 is 11.3 Å². The van der Waals surface area contributed by atoms with Crippen molar-refractivity contribution in [1.29, 1.82) is 0 Å². The van der Waals surface area contributed by atoms with Gasteiger partial charge in [-0.15, -0.1) is 11.3 Å². The van der Waals surface area contributed by atoms with Crippen molar-refractivity contribution in [2.45, 2.75) is 6.04 Å². The molecule has 0 aliphatic rings. The molecule has 1 aromatic heterocycles. The second kappa shape index (κ2) is 8.14. The van der Waals surface area contributed by atoms with Crippen LogP contribution in [0.25, 0.3) is 10.8 Å². The second-order valence-corrected chi connectivity index (χ2v) is 7.04. The van der Waals surface area contributed by atoms with E-state index in [0.29, 0.717) is 6.54 Å². The Kier molecular flexibility index (Phi) is 5.68. The van der Waals surface area contributed by atoms with Gasteiger partial charge in [-0.05, 0) is 37.0 Å². The number of fused-ring (bicyclic) bond motifs is 1.